The summed E-state index contributed by atoms with van der Waals surface area (Å²) in [5, 5.41) is 2.89. The second kappa shape index (κ2) is 6.94. The zero-order valence-corrected chi connectivity index (χ0v) is 10.9. The molecule has 0 aliphatic rings. The highest BCUT2D eigenvalue weighted by Gasteiger charge is 2.27. The van der Waals surface area contributed by atoms with Crippen molar-refractivity contribution in [3.63, 3.8) is 0 Å². The molecule has 0 saturated heterocycles. The van der Waals surface area contributed by atoms with Crippen molar-refractivity contribution >= 4 is 21.6 Å². The van der Waals surface area contributed by atoms with E-state index in [4.69, 9.17) is 0 Å². The Morgan fingerprint density at radius 3 is 2.61 bits per heavy atom. The van der Waals surface area contributed by atoms with E-state index in [1.54, 1.807) is 12.1 Å². The minimum Gasteiger partial charge on any atom is -0.385 e. The van der Waals surface area contributed by atoms with Crippen LogP contribution in [0.3, 0.4) is 0 Å². The molecule has 1 aromatic rings. The summed E-state index contributed by atoms with van der Waals surface area (Å²) in [5.74, 6) is -0.395. The highest BCUT2D eigenvalue weighted by Crippen LogP contribution is 2.19. The van der Waals surface area contributed by atoms with E-state index >= 15 is 0 Å². The van der Waals surface area contributed by atoms with Crippen LogP contribution in [-0.2, 0) is 4.74 Å². The first-order valence-electron chi connectivity index (χ1n) is 5.22. The monoisotopic (exact) mass is 329 g/mol. The molecule has 0 fully saturated rings. The molecule has 0 unspecified atom stereocenters. The Kier molecular flexibility index (Phi) is 5.87. The van der Waals surface area contributed by atoms with Crippen LogP contribution in [-0.4, -0.2) is 25.9 Å². The smallest absolute Gasteiger partial charge is 0.385 e. The van der Waals surface area contributed by atoms with Crippen LogP contribution < -0.4 is 5.32 Å². The van der Waals surface area contributed by atoms with Gasteiger partial charge < -0.3 is 10.1 Å². The van der Waals surface area contributed by atoms with Gasteiger partial charge in [0.1, 0.15) is 12.4 Å². The zero-order valence-electron chi connectivity index (χ0n) is 9.36. The van der Waals surface area contributed by atoms with E-state index in [0.717, 1.165) is 0 Å². The van der Waals surface area contributed by atoms with Crippen molar-refractivity contribution in [1.82, 2.24) is 0 Å². The van der Waals surface area contributed by atoms with Gasteiger partial charge in [-0.15, -0.1) is 0 Å². The Morgan fingerprint density at radius 2 is 2.00 bits per heavy atom. The van der Waals surface area contributed by atoms with Crippen molar-refractivity contribution < 1.29 is 22.3 Å². The molecule has 1 aromatic carbocycles. The van der Waals surface area contributed by atoms with Crippen LogP contribution >= 0.6 is 15.9 Å². The lowest BCUT2D eigenvalue weighted by atomic mass is 10.3. The molecule has 7 heteroatoms. The molecule has 1 N–H and O–H groups in total. The van der Waals surface area contributed by atoms with Gasteiger partial charge in [0.25, 0.3) is 0 Å². The predicted molar refractivity (Wildman–Crippen MR) is 64.1 cm³/mol. The number of hydrogen-bond donors (Lipinski definition) is 1. The van der Waals surface area contributed by atoms with Gasteiger partial charge >= 0.3 is 6.18 Å². The van der Waals surface area contributed by atoms with E-state index in [2.05, 4.69) is 26.0 Å². The summed E-state index contributed by atoms with van der Waals surface area (Å²) in [7, 11) is 0. The van der Waals surface area contributed by atoms with E-state index in [1.807, 2.05) is 0 Å². The highest BCUT2D eigenvalue weighted by atomic mass is 79.9. The van der Waals surface area contributed by atoms with Gasteiger partial charge in [-0.2, -0.15) is 13.2 Å². The average Bonchev–Trinajstić information content (AvgIpc) is 2.26. The second-order valence-corrected chi connectivity index (χ2v) is 4.43. The first kappa shape index (κ1) is 15.2. The van der Waals surface area contributed by atoms with E-state index in [0.29, 0.717) is 23.1 Å². The quantitative estimate of drug-likeness (QED) is 0.630. The third kappa shape index (κ3) is 6.20. The van der Waals surface area contributed by atoms with Gasteiger partial charge in [0.05, 0.1) is 4.47 Å². The van der Waals surface area contributed by atoms with Crippen molar-refractivity contribution in [1.29, 1.82) is 0 Å². The number of halogens is 5. The van der Waals surface area contributed by atoms with E-state index in [9.17, 15) is 17.6 Å². The summed E-state index contributed by atoms with van der Waals surface area (Å²) >= 11 is 3.02. The Balaban J connectivity index is 2.16. The minimum absolute atomic E-state index is 0.00548. The molecule has 18 heavy (non-hydrogen) atoms. The predicted octanol–water partition coefficient (Wildman–Crippen LogP) is 3.97. The minimum atomic E-state index is -4.29. The standard InChI is InChI=1S/C11H12BrF4NO/c12-9-3-2-8(6-10(9)13)17-4-1-5-18-7-11(14,15)16/h2-3,6,17H,1,4-5,7H2. The van der Waals surface area contributed by atoms with Crippen LogP contribution in [0.15, 0.2) is 22.7 Å². The zero-order chi connectivity index (χ0) is 13.6. The van der Waals surface area contributed by atoms with Crippen LogP contribution in [0.25, 0.3) is 0 Å². The van der Waals surface area contributed by atoms with Crippen molar-refractivity contribution in [3.05, 3.63) is 28.5 Å². The Bertz CT molecular complexity index is 384. The van der Waals surface area contributed by atoms with Crippen LogP contribution in [0.1, 0.15) is 6.42 Å². The molecule has 102 valence electrons. The molecule has 0 radical (unpaired) electrons. The second-order valence-electron chi connectivity index (χ2n) is 3.58. The Morgan fingerprint density at radius 1 is 1.28 bits per heavy atom. The molecule has 0 heterocycles. The fraction of sp³-hybridized carbons (Fsp3) is 0.455. The fourth-order valence-electron chi connectivity index (χ4n) is 1.20. The summed E-state index contributed by atoms with van der Waals surface area (Å²) in [6.07, 6.45) is -3.88. The van der Waals surface area contributed by atoms with Crippen LogP contribution in [0, 0.1) is 5.82 Å². The molecule has 0 amide bonds. The molecule has 1 rings (SSSR count). The van der Waals surface area contributed by atoms with Crippen molar-refractivity contribution in [2.75, 3.05) is 25.1 Å². The maximum absolute atomic E-state index is 13.1. The summed E-state index contributed by atoms with van der Waals surface area (Å²) < 4.78 is 53.1. The average molecular weight is 330 g/mol. The lowest BCUT2D eigenvalue weighted by Crippen LogP contribution is -2.18. The maximum atomic E-state index is 13.1. The lowest BCUT2D eigenvalue weighted by Gasteiger charge is -2.09. The van der Waals surface area contributed by atoms with Gasteiger partial charge in [0.2, 0.25) is 0 Å². The first-order chi connectivity index (χ1) is 8.38. The van der Waals surface area contributed by atoms with E-state index in [-0.39, 0.29) is 6.61 Å². The van der Waals surface area contributed by atoms with E-state index < -0.39 is 18.6 Å². The number of nitrogens with one attached hydrogen (secondary N) is 1. The first-order valence-corrected chi connectivity index (χ1v) is 6.01. The van der Waals surface area contributed by atoms with Crippen LogP contribution in [0.2, 0.25) is 0 Å². The molecular formula is C11H12BrF4NO. The molecule has 0 aliphatic heterocycles. The van der Waals surface area contributed by atoms with Gasteiger partial charge in [-0.05, 0) is 40.5 Å². The number of alkyl halides is 3. The summed E-state index contributed by atoms with van der Waals surface area (Å²) in [4.78, 5) is 0. The van der Waals surface area contributed by atoms with E-state index in [1.165, 1.54) is 6.07 Å². The lowest BCUT2D eigenvalue weighted by molar-refractivity contribution is -0.173. The van der Waals surface area contributed by atoms with Crippen LogP contribution in [0.4, 0.5) is 23.2 Å². The SMILES string of the molecule is Fc1cc(NCCCOCC(F)(F)F)ccc1Br. The summed E-state index contributed by atoms with van der Waals surface area (Å²) in [6, 6.07) is 4.53. The Labute approximate surface area is 110 Å². The molecule has 0 saturated carbocycles. The summed E-state index contributed by atoms with van der Waals surface area (Å²) in [6.45, 7) is -0.815. The van der Waals surface area contributed by atoms with Gasteiger partial charge in [-0.1, -0.05) is 0 Å². The van der Waals surface area contributed by atoms with Gasteiger partial charge in [0.15, 0.2) is 0 Å². The van der Waals surface area contributed by atoms with Crippen molar-refractivity contribution in [2.45, 2.75) is 12.6 Å². The van der Waals surface area contributed by atoms with Crippen molar-refractivity contribution in [3.8, 4) is 0 Å². The normalized spacial score (nSPS) is 11.6. The molecule has 0 spiro atoms. The molecule has 0 aromatic heterocycles. The molecule has 0 aliphatic carbocycles. The molecular weight excluding hydrogens is 318 g/mol. The van der Waals surface area contributed by atoms with Crippen molar-refractivity contribution in [2.24, 2.45) is 0 Å². The van der Waals surface area contributed by atoms with Gasteiger partial charge in [-0.3, -0.25) is 0 Å². The van der Waals surface area contributed by atoms with Gasteiger partial charge in [0, 0.05) is 18.8 Å². The number of benzene rings is 1. The number of anilines is 1. The number of ether oxygens (including phenoxy) is 1. The third-order valence-corrected chi connectivity index (χ3v) is 2.62. The number of rotatable bonds is 6. The molecule has 0 bridgehead atoms. The third-order valence-electron chi connectivity index (χ3n) is 1.98. The van der Waals surface area contributed by atoms with Gasteiger partial charge in [-0.25, -0.2) is 4.39 Å². The largest absolute Gasteiger partial charge is 0.411 e. The molecule has 2 nitrogen and oxygen atoms in total. The highest BCUT2D eigenvalue weighted by molar-refractivity contribution is 9.10. The fourth-order valence-corrected chi connectivity index (χ4v) is 1.45. The van der Waals surface area contributed by atoms with Crippen LogP contribution in [0.5, 0.6) is 0 Å². The summed E-state index contributed by atoms with van der Waals surface area (Å²) in [5.41, 5.74) is 0.575. The topological polar surface area (TPSA) is 21.3 Å². The number of hydrogen-bond acceptors (Lipinski definition) is 2. The maximum Gasteiger partial charge on any atom is 0.411 e. The Hall–Kier alpha value is -0.820. The molecule has 0 atom stereocenters.